The molecule has 0 amide bonds. The highest BCUT2D eigenvalue weighted by atomic mass is 35.5. The molecular formula is C18H12ClF5N2O2S. The van der Waals surface area contributed by atoms with Crippen LogP contribution in [0.3, 0.4) is 0 Å². The molecule has 154 valence electrons. The van der Waals surface area contributed by atoms with Gasteiger partial charge in [0, 0.05) is 22.8 Å². The number of hydrogen-bond donors (Lipinski definition) is 1. The summed E-state index contributed by atoms with van der Waals surface area (Å²) in [4.78, 5) is 4.75. The van der Waals surface area contributed by atoms with Crippen LogP contribution in [0.5, 0.6) is 17.2 Å². The summed E-state index contributed by atoms with van der Waals surface area (Å²) < 4.78 is 77.0. The molecule has 29 heavy (non-hydrogen) atoms. The number of methoxy groups -OCH3 is 1. The van der Waals surface area contributed by atoms with Gasteiger partial charge in [0.1, 0.15) is 0 Å². The molecule has 0 saturated carbocycles. The summed E-state index contributed by atoms with van der Waals surface area (Å²) in [6.45, 7) is 0.374. The Morgan fingerprint density at radius 2 is 1.79 bits per heavy atom. The van der Waals surface area contributed by atoms with E-state index in [1.165, 1.54) is 30.6 Å². The van der Waals surface area contributed by atoms with Crippen LogP contribution >= 0.6 is 22.9 Å². The molecule has 0 atom stereocenters. The van der Waals surface area contributed by atoms with Gasteiger partial charge in [-0.15, -0.1) is 11.3 Å². The van der Waals surface area contributed by atoms with E-state index in [0.29, 0.717) is 16.7 Å². The summed E-state index contributed by atoms with van der Waals surface area (Å²) >= 11 is 7.04. The first kappa shape index (κ1) is 21.1. The largest absolute Gasteiger partial charge is 0.493 e. The fourth-order valence-corrected chi connectivity index (χ4v) is 3.27. The van der Waals surface area contributed by atoms with E-state index in [0.717, 1.165) is 4.88 Å². The zero-order valence-electron chi connectivity index (χ0n) is 14.6. The van der Waals surface area contributed by atoms with Crippen LogP contribution < -0.4 is 14.8 Å². The van der Waals surface area contributed by atoms with Gasteiger partial charge in [0.2, 0.25) is 0 Å². The fourth-order valence-electron chi connectivity index (χ4n) is 2.35. The summed E-state index contributed by atoms with van der Waals surface area (Å²) in [5, 5.41) is 3.05. The molecule has 3 aromatic rings. The van der Waals surface area contributed by atoms with Gasteiger partial charge in [-0.2, -0.15) is 13.2 Å². The summed E-state index contributed by atoms with van der Waals surface area (Å²) in [5.74, 6) is -3.90. The molecule has 0 aliphatic rings. The lowest BCUT2D eigenvalue weighted by molar-refractivity contribution is -0.138. The highest BCUT2D eigenvalue weighted by molar-refractivity contribution is 7.15. The number of benzene rings is 2. The second-order valence-electron chi connectivity index (χ2n) is 5.67. The number of nitrogens with zero attached hydrogens (tertiary/aromatic N) is 1. The van der Waals surface area contributed by atoms with Gasteiger partial charge >= 0.3 is 6.18 Å². The van der Waals surface area contributed by atoms with Crippen molar-refractivity contribution in [1.82, 2.24) is 4.98 Å². The Labute approximate surface area is 170 Å². The quantitative estimate of drug-likeness (QED) is 0.435. The zero-order chi connectivity index (χ0) is 21.2. The number of rotatable bonds is 6. The second-order valence-corrected chi connectivity index (χ2v) is 7.36. The molecular weight excluding hydrogens is 439 g/mol. The molecule has 4 nitrogen and oxygen atoms in total. The van der Waals surface area contributed by atoms with Gasteiger partial charge < -0.3 is 14.8 Å². The smallest absolute Gasteiger partial charge is 0.416 e. The molecule has 1 heterocycles. The van der Waals surface area contributed by atoms with Crippen molar-refractivity contribution in [3.05, 3.63) is 63.1 Å². The van der Waals surface area contributed by atoms with Gasteiger partial charge in [0.15, 0.2) is 33.3 Å². The van der Waals surface area contributed by atoms with Gasteiger partial charge in [0.05, 0.1) is 19.2 Å². The van der Waals surface area contributed by atoms with Crippen LogP contribution in [0.2, 0.25) is 4.47 Å². The fraction of sp³-hybridized carbons (Fsp3) is 0.167. The monoisotopic (exact) mass is 450 g/mol. The van der Waals surface area contributed by atoms with Crippen LogP contribution in [-0.4, -0.2) is 12.1 Å². The van der Waals surface area contributed by atoms with Crippen molar-refractivity contribution >= 4 is 28.6 Å². The van der Waals surface area contributed by atoms with E-state index in [4.69, 9.17) is 21.1 Å². The molecule has 0 radical (unpaired) electrons. The zero-order valence-corrected chi connectivity index (χ0v) is 16.2. The Morgan fingerprint density at radius 1 is 1.10 bits per heavy atom. The number of aromatic nitrogens is 1. The van der Waals surface area contributed by atoms with E-state index in [-0.39, 0.29) is 23.6 Å². The maximum atomic E-state index is 14.1. The molecule has 0 spiro atoms. The van der Waals surface area contributed by atoms with E-state index in [1.54, 1.807) is 12.3 Å². The number of thiazole rings is 1. The molecule has 0 unspecified atom stereocenters. The summed E-state index contributed by atoms with van der Waals surface area (Å²) in [6, 6.07) is 4.85. The van der Waals surface area contributed by atoms with Crippen LogP contribution in [0.15, 0.2) is 36.5 Å². The van der Waals surface area contributed by atoms with Crippen molar-refractivity contribution in [3.63, 3.8) is 0 Å². The molecule has 0 aliphatic carbocycles. The lowest BCUT2D eigenvalue weighted by Gasteiger charge is -2.15. The highest BCUT2D eigenvalue weighted by Crippen LogP contribution is 2.39. The van der Waals surface area contributed by atoms with Crippen molar-refractivity contribution in [1.29, 1.82) is 0 Å². The molecule has 0 bridgehead atoms. The predicted octanol–water partition coefficient (Wildman–Crippen LogP) is 6.51. The lowest BCUT2D eigenvalue weighted by atomic mass is 10.2. The van der Waals surface area contributed by atoms with Gasteiger partial charge in [-0.1, -0.05) is 11.6 Å². The average Bonchev–Trinajstić information content (AvgIpc) is 3.07. The maximum Gasteiger partial charge on any atom is 0.416 e. The number of nitrogens with one attached hydrogen (secondary N) is 1. The third-order valence-electron chi connectivity index (χ3n) is 3.69. The van der Waals surface area contributed by atoms with Crippen LogP contribution in [0.4, 0.5) is 27.6 Å². The van der Waals surface area contributed by atoms with E-state index >= 15 is 0 Å². The van der Waals surface area contributed by atoms with Gasteiger partial charge in [0.25, 0.3) is 0 Å². The molecule has 11 heteroatoms. The third-order valence-corrected chi connectivity index (χ3v) is 4.81. The van der Waals surface area contributed by atoms with Crippen LogP contribution in [-0.2, 0) is 12.7 Å². The first-order valence-corrected chi connectivity index (χ1v) is 9.13. The van der Waals surface area contributed by atoms with Crippen molar-refractivity contribution in [2.45, 2.75) is 12.7 Å². The van der Waals surface area contributed by atoms with E-state index in [9.17, 15) is 22.0 Å². The minimum Gasteiger partial charge on any atom is -0.493 e. The van der Waals surface area contributed by atoms with Crippen molar-refractivity contribution in [2.24, 2.45) is 0 Å². The van der Waals surface area contributed by atoms with E-state index < -0.39 is 29.1 Å². The Morgan fingerprint density at radius 3 is 2.34 bits per heavy atom. The molecule has 0 aliphatic heterocycles. The highest BCUT2D eigenvalue weighted by Gasteiger charge is 2.33. The lowest BCUT2D eigenvalue weighted by Crippen LogP contribution is -2.07. The summed E-state index contributed by atoms with van der Waals surface area (Å²) in [6.07, 6.45) is -3.30. The Bertz CT molecular complexity index is 1000. The predicted molar refractivity (Wildman–Crippen MR) is 98.9 cm³/mol. The van der Waals surface area contributed by atoms with Crippen molar-refractivity contribution in [2.75, 3.05) is 12.4 Å². The maximum absolute atomic E-state index is 14.1. The first-order valence-electron chi connectivity index (χ1n) is 7.93. The number of anilines is 1. The van der Waals surface area contributed by atoms with E-state index in [2.05, 4.69) is 10.3 Å². The topological polar surface area (TPSA) is 43.4 Å². The summed E-state index contributed by atoms with van der Waals surface area (Å²) in [7, 11) is 1.31. The SMILES string of the molecule is COc1ccc(NCc2cnc(Cl)s2)cc1Oc1c(F)cc(C(F)(F)F)cc1F. The molecule has 3 rings (SSSR count). The van der Waals surface area contributed by atoms with E-state index in [1.807, 2.05) is 0 Å². The Hall–Kier alpha value is -2.59. The van der Waals surface area contributed by atoms with Crippen LogP contribution in [0.25, 0.3) is 0 Å². The van der Waals surface area contributed by atoms with Crippen molar-refractivity contribution < 1.29 is 31.4 Å². The number of ether oxygens (including phenoxy) is 2. The minimum atomic E-state index is -4.89. The Balaban J connectivity index is 1.86. The minimum absolute atomic E-state index is 0.0857. The molecule has 1 N–H and O–H groups in total. The van der Waals surface area contributed by atoms with Crippen LogP contribution in [0.1, 0.15) is 10.4 Å². The molecule has 1 aromatic heterocycles. The normalized spacial score (nSPS) is 11.4. The van der Waals surface area contributed by atoms with Gasteiger partial charge in [-0.3, -0.25) is 0 Å². The number of alkyl halides is 3. The molecule has 0 fully saturated rings. The number of hydrogen-bond acceptors (Lipinski definition) is 5. The standard InChI is InChI=1S/C18H12ClF5N2O2S/c1-27-14-3-2-10(25-7-11-8-26-17(19)29-11)6-15(14)28-16-12(20)4-9(5-13(16)21)18(22,23)24/h2-6,8,25H,7H2,1H3. The summed E-state index contributed by atoms with van der Waals surface area (Å²) in [5.41, 5.74) is -0.941. The third kappa shape index (κ3) is 5.07. The number of halogens is 6. The molecule has 2 aromatic carbocycles. The van der Waals surface area contributed by atoms with Gasteiger partial charge in [-0.25, -0.2) is 13.8 Å². The second kappa shape index (κ2) is 8.42. The first-order chi connectivity index (χ1) is 13.7. The Kier molecular flexibility index (Phi) is 6.13. The van der Waals surface area contributed by atoms with Gasteiger partial charge in [-0.05, 0) is 24.3 Å². The molecule has 0 saturated heterocycles. The van der Waals surface area contributed by atoms with Crippen molar-refractivity contribution in [3.8, 4) is 17.2 Å². The van der Waals surface area contributed by atoms with Crippen LogP contribution in [0, 0.1) is 11.6 Å². The average molecular weight is 451 g/mol.